The van der Waals surface area contributed by atoms with Gasteiger partial charge in [0.25, 0.3) is 0 Å². The summed E-state index contributed by atoms with van der Waals surface area (Å²) in [6.07, 6.45) is 0.962. The molecule has 12 heavy (non-hydrogen) atoms. The van der Waals surface area contributed by atoms with Gasteiger partial charge in [-0.1, -0.05) is 0 Å². The fraction of sp³-hybridized carbons (Fsp3) is 0.444. The zero-order chi connectivity index (χ0) is 8.55. The van der Waals surface area contributed by atoms with E-state index in [0.717, 1.165) is 6.42 Å². The van der Waals surface area contributed by atoms with Crippen LogP contribution in [0.2, 0.25) is 0 Å². The molecule has 2 nitrogen and oxygen atoms in total. The summed E-state index contributed by atoms with van der Waals surface area (Å²) >= 11 is 1.68. The number of hydrogen-bond donors (Lipinski definition) is 0. The van der Waals surface area contributed by atoms with Crippen LogP contribution < -0.4 is 0 Å². The van der Waals surface area contributed by atoms with Crippen LogP contribution in [0.5, 0.6) is 0 Å². The molecule has 1 saturated carbocycles. The predicted molar refractivity (Wildman–Crippen MR) is 47.2 cm³/mol. The first-order valence-electron chi connectivity index (χ1n) is 3.93. The van der Waals surface area contributed by atoms with Gasteiger partial charge in [-0.3, -0.25) is 4.79 Å². The summed E-state index contributed by atoms with van der Waals surface area (Å²) in [5.74, 6) is 0.500. The molecule has 2 atom stereocenters. The average molecular weight is 182 g/mol. The summed E-state index contributed by atoms with van der Waals surface area (Å²) in [5, 5.41) is 4.15. The molecule has 1 heterocycles. The monoisotopic (exact) mass is 182 g/mol. The summed E-state index contributed by atoms with van der Waals surface area (Å²) in [5.41, 5.74) is 1.29. The molecule has 0 aliphatic heterocycles. The lowest BCUT2D eigenvalue weighted by molar-refractivity contribution is -0.142. The first-order chi connectivity index (χ1) is 5.83. The lowest BCUT2D eigenvalue weighted by Gasteiger charge is -1.95. The molecule has 0 bridgehead atoms. The summed E-state index contributed by atoms with van der Waals surface area (Å²) in [7, 11) is 1.45. The first-order valence-corrected chi connectivity index (χ1v) is 4.87. The van der Waals surface area contributed by atoms with Gasteiger partial charge >= 0.3 is 5.97 Å². The fourth-order valence-electron chi connectivity index (χ4n) is 1.46. The van der Waals surface area contributed by atoms with Crippen LogP contribution in [-0.2, 0) is 9.53 Å². The van der Waals surface area contributed by atoms with Crippen LogP contribution in [0.1, 0.15) is 17.9 Å². The third-order valence-corrected chi connectivity index (χ3v) is 2.97. The van der Waals surface area contributed by atoms with Gasteiger partial charge in [0.15, 0.2) is 0 Å². The van der Waals surface area contributed by atoms with Crippen molar-refractivity contribution in [2.45, 2.75) is 12.3 Å². The SMILES string of the molecule is COC(=O)[C@@H]1C[C@H]1c1ccsc1. The van der Waals surface area contributed by atoms with Gasteiger partial charge in [-0.25, -0.2) is 0 Å². The highest BCUT2D eigenvalue weighted by atomic mass is 32.1. The molecule has 1 aliphatic carbocycles. The Kier molecular flexibility index (Phi) is 1.89. The number of ether oxygens (including phenoxy) is 1. The van der Waals surface area contributed by atoms with E-state index in [0.29, 0.717) is 5.92 Å². The van der Waals surface area contributed by atoms with Crippen molar-refractivity contribution in [3.8, 4) is 0 Å². The third-order valence-electron chi connectivity index (χ3n) is 2.27. The predicted octanol–water partition coefficient (Wildman–Crippen LogP) is 2.02. The molecule has 0 saturated heterocycles. The van der Waals surface area contributed by atoms with Crippen LogP contribution in [-0.4, -0.2) is 13.1 Å². The highest BCUT2D eigenvalue weighted by Crippen LogP contribution is 2.48. The van der Waals surface area contributed by atoms with E-state index in [1.165, 1.54) is 12.7 Å². The molecule has 1 aromatic rings. The minimum Gasteiger partial charge on any atom is -0.469 e. The normalized spacial score (nSPS) is 26.8. The van der Waals surface area contributed by atoms with Crippen molar-refractivity contribution in [3.63, 3.8) is 0 Å². The van der Waals surface area contributed by atoms with Gasteiger partial charge in [0.1, 0.15) is 0 Å². The topological polar surface area (TPSA) is 26.3 Å². The van der Waals surface area contributed by atoms with Crippen LogP contribution in [0.3, 0.4) is 0 Å². The maximum atomic E-state index is 11.1. The Morgan fingerprint density at radius 3 is 3.17 bits per heavy atom. The van der Waals surface area contributed by atoms with Gasteiger partial charge in [-0.15, -0.1) is 0 Å². The quantitative estimate of drug-likeness (QED) is 0.654. The van der Waals surface area contributed by atoms with Gasteiger partial charge in [0.2, 0.25) is 0 Å². The van der Waals surface area contributed by atoms with E-state index in [1.54, 1.807) is 11.3 Å². The lowest BCUT2D eigenvalue weighted by Crippen LogP contribution is -2.03. The Bertz CT molecular complexity index is 279. The molecule has 0 spiro atoms. The van der Waals surface area contributed by atoms with Crippen molar-refractivity contribution < 1.29 is 9.53 Å². The van der Waals surface area contributed by atoms with Gasteiger partial charge in [-0.2, -0.15) is 11.3 Å². The summed E-state index contributed by atoms with van der Waals surface area (Å²) in [6.45, 7) is 0. The second-order valence-electron chi connectivity index (χ2n) is 3.03. The van der Waals surface area contributed by atoms with Gasteiger partial charge < -0.3 is 4.74 Å². The number of methoxy groups -OCH3 is 1. The van der Waals surface area contributed by atoms with Crippen LogP contribution in [0.15, 0.2) is 16.8 Å². The molecule has 3 heteroatoms. The first kappa shape index (κ1) is 7.80. The molecular weight excluding hydrogens is 172 g/mol. The van der Waals surface area contributed by atoms with Crippen molar-refractivity contribution in [2.24, 2.45) is 5.92 Å². The summed E-state index contributed by atoms with van der Waals surface area (Å²) < 4.78 is 4.67. The van der Waals surface area contributed by atoms with E-state index in [1.807, 2.05) is 5.38 Å². The van der Waals surface area contributed by atoms with E-state index >= 15 is 0 Å². The zero-order valence-corrected chi connectivity index (χ0v) is 7.64. The van der Waals surface area contributed by atoms with Crippen molar-refractivity contribution in [1.82, 2.24) is 0 Å². The van der Waals surface area contributed by atoms with Crippen LogP contribution in [0, 0.1) is 5.92 Å². The molecule has 0 radical (unpaired) electrons. The number of hydrogen-bond acceptors (Lipinski definition) is 3. The second kappa shape index (κ2) is 2.90. The van der Waals surface area contributed by atoms with E-state index in [4.69, 9.17) is 0 Å². The second-order valence-corrected chi connectivity index (χ2v) is 3.81. The van der Waals surface area contributed by atoms with Gasteiger partial charge in [0, 0.05) is 0 Å². The Balaban J connectivity index is 2.01. The molecule has 1 fully saturated rings. The molecule has 0 amide bonds. The average Bonchev–Trinajstić information content (AvgIpc) is 2.71. The molecule has 0 aromatic carbocycles. The molecule has 1 aliphatic rings. The smallest absolute Gasteiger partial charge is 0.309 e. The number of rotatable bonds is 2. The zero-order valence-electron chi connectivity index (χ0n) is 6.82. The minimum atomic E-state index is -0.0637. The van der Waals surface area contributed by atoms with Crippen molar-refractivity contribution in [2.75, 3.05) is 7.11 Å². The molecule has 0 unspecified atom stereocenters. The van der Waals surface area contributed by atoms with E-state index in [-0.39, 0.29) is 11.9 Å². The lowest BCUT2D eigenvalue weighted by atomic mass is 10.2. The number of carbonyl (C=O) groups is 1. The molecule has 1 aromatic heterocycles. The van der Waals surface area contributed by atoms with Crippen LogP contribution in [0.4, 0.5) is 0 Å². The van der Waals surface area contributed by atoms with Crippen molar-refractivity contribution in [1.29, 1.82) is 0 Å². The molecule has 64 valence electrons. The molecule has 2 rings (SSSR count). The third kappa shape index (κ3) is 1.25. The van der Waals surface area contributed by atoms with E-state index < -0.39 is 0 Å². The number of thiophene rings is 1. The maximum Gasteiger partial charge on any atom is 0.309 e. The highest BCUT2D eigenvalue weighted by Gasteiger charge is 2.44. The largest absolute Gasteiger partial charge is 0.469 e. The fourth-order valence-corrected chi connectivity index (χ4v) is 2.19. The molecular formula is C9H10O2S. The van der Waals surface area contributed by atoms with E-state index in [2.05, 4.69) is 16.2 Å². The minimum absolute atomic E-state index is 0.0637. The van der Waals surface area contributed by atoms with Gasteiger partial charge in [0.05, 0.1) is 13.0 Å². The Morgan fingerprint density at radius 2 is 2.58 bits per heavy atom. The van der Waals surface area contributed by atoms with Crippen LogP contribution >= 0.6 is 11.3 Å². The summed E-state index contributed by atoms with van der Waals surface area (Å²) in [6, 6.07) is 2.08. The maximum absolute atomic E-state index is 11.1. The standard InChI is InChI=1S/C9H10O2S/c1-11-9(10)8-4-7(8)6-2-3-12-5-6/h2-3,5,7-8H,4H2,1H3/t7-,8+/m0/s1. The Hall–Kier alpha value is -0.830. The van der Waals surface area contributed by atoms with Crippen molar-refractivity contribution >= 4 is 17.3 Å². The molecule has 0 N–H and O–H groups in total. The van der Waals surface area contributed by atoms with Gasteiger partial charge in [-0.05, 0) is 34.7 Å². The Labute approximate surface area is 75.2 Å². The highest BCUT2D eigenvalue weighted by molar-refractivity contribution is 7.08. The van der Waals surface area contributed by atoms with Crippen molar-refractivity contribution in [3.05, 3.63) is 22.4 Å². The number of esters is 1. The number of carbonyl (C=O) groups excluding carboxylic acids is 1. The summed E-state index contributed by atoms with van der Waals surface area (Å²) in [4.78, 5) is 11.1. The van der Waals surface area contributed by atoms with E-state index in [9.17, 15) is 4.79 Å². The van der Waals surface area contributed by atoms with Crippen LogP contribution in [0.25, 0.3) is 0 Å². The Morgan fingerprint density at radius 1 is 1.75 bits per heavy atom.